The third-order valence-corrected chi connectivity index (χ3v) is 1.01. The first kappa shape index (κ1) is 9.82. The molecule has 0 bridgehead atoms. The van der Waals surface area contributed by atoms with E-state index in [1.165, 1.54) is 26.0 Å². The van der Waals surface area contributed by atoms with Crippen molar-refractivity contribution in [3.8, 4) is 0 Å². The molecule has 0 saturated carbocycles. The van der Waals surface area contributed by atoms with Crippen LogP contribution in [0.25, 0.3) is 0 Å². The minimum Gasteiger partial charge on any atom is -0.295 e. The largest absolute Gasteiger partial charge is 0.295 e. The molecule has 0 aliphatic carbocycles. The lowest BCUT2D eigenvalue weighted by molar-refractivity contribution is -0.113. The zero-order valence-corrected chi connectivity index (χ0v) is 7.05. The Morgan fingerprint density at radius 3 is 1.82 bits per heavy atom. The van der Waals surface area contributed by atoms with Gasteiger partial charge in [-0.25, -0.2) is 0 Å². The van der Waals surface area contributed by atoms with Gasteiger partial charge in [-0.15, -0.1) is 0 Å². The summed E-state index contributed by atoms with van der Waals surface area (Å²) in [5.41, 5.74) is 0.799. The van der Waals surface area contributed by atoms with E-state index in [2.05, 4.69) is 0 Å². The van der Waals surface area contributed by atoms with E-state index in [-0.39, 0.29) is 11.6 Å². The van der Waals surface area contributed by atoms with Crippen LogP contribution in [0.4, 0.5) is 0 Å². The molecule has 2 nitrogen and oxygen atoms in total. The second-order valence-electron chi connectivity index (χ2n) is 2.44. The van der Waals surface area contributed by atoms with E-state index in [0.29, 0.717) is 0 Å². The van der Waals surface area contributed by atoms with Crippen molar-refractivity contribution in [3.63, 3.8) is 0 Å². The number of ketones is 2. The molecule has 0 aromatic heterocycles. The van der Waals surface area contributed by atoms with Crippen molar-refractivity contribution >= 4 is 11.6 Å². The van der Waals surface area contributed by atoms with Gasteiger partial charge in [0.25, 0.3) is 0 Å². The summed E-state index contributed by atoms with van der Waals surface area (Å²) in [7, 11) is 0. The van der Waals surface area contributed by atoms with Gasteiger partial charge in [-0.2, -0.15) is 0 Å². The van der Waals surface area contributed by atoms with E-state index in [9.17, 15) is 9.59 Å². The summed E-state index contributed by atoms with van der Waals surface area (Å²) in [6, 6.07) is 0. The van der Waals surface area contributed by atoms with Crippen molar-refractivity contribution in [1.29, 1.82) is 0 Å². The normalized spacial score (nSPS) is 12.1. The fraction of sp³-hybridized carbons (Fsp3) is 0.333. The molecule has 0 heterocycles. The van der Waals surface area contributed by atoms with Crippen LogP contribution in [0.2, 0.25) is 0 Å². The second kappa shape index (κ2) is 4.61. The Hall–Kier alpha value is -1.18. The Morgan fingerprint density at radius 2 is 1.45 bits per heavy atom. The predicted octanol–water partition coefficient (Wildman–Crippen LogP) is 1.67. The van der Waals surface area contributed by atoms with E-state index < -0.39 is 0 Å². The Bertz CT molecular complexity index is 222. The highest BCUT2D eigenvalue weighted by Crippen LogP contribution is 1.94. The van der Waals surface area contributed by atoms with Gasteiger partial charge >= 0.3 is 0 Å². The number of allylic oxidation sites excluding steroid dienone is 4. The van der Waals surface area contributed by atoms with E-state index in [4.69, 9.17) is 0 Å². The van der Waals surface area contributed by atoms with Gasteiger partial charge in [-0.05, 0) is 38.5 Å². The molecule has 0 saturated heterocycles. The molecule has 0 aromatic rings. The number of carbonyl (C=O) groups excluding carboxylic acids is 2. The monoisotopic (exact) mass is 152 g/mol. The number of carbonyl (C=O) groups is 2. The summed E-state index contributed by atoms with van der Waals surface area (Å²) in [6.45, 7) is 4.73. The molecule has 0 rings (SSSR count). The molecule has 0 aromatic carbocycles. The van der Waals surface area contributed by atoms with E-state index in [1.807, 2.05) is 0 Å². The van der Waals surface area contributed by atoms with Crippen LogP contribution in [0.3, 0.4) is 0 Å². The van der Waals surface area contributed by atoms with E-state index >= 15 is 0 Å². The van der Waals surface area contributed by atoms with Crippen LogP contribution in [0.1, 0.15) is 20.8 Å². The SMILES string of the molecule is CC(=O)/C=C/C(C)=C/C(C)=O. The topological polar surface area (TPSA) is 34.1 Å². The van der Waals surface area contributed by atoms with Gasteiger partial charge in [0, 0.05) is 0 Å². The van der Waals surface area contributed by atoms with Crippen molar-refractivity contribution in [2.75, 3.05) is 0 Å². The Balaban J connectivity index is 4.17. The molecule has 11 heavy (non-hydrogen) atoms. The Kier molecular flexibility index (Phi) is 4.11. The summed E-state index contributed by atoms with van der Waals surface area (Å²) >= 11 is 0. The van der Waals surface area contributed by atoms with Crippen LogP contribution in [0, 0.1) is 0 Å². The lowest BCUT2D eigenvalue weighted by atomic mass is 10.2. The zero-order chi connectivity index (χ0) is 8.85. The maximum Gasteiger partial charge on any atom is 0.152 e. The minimum absolute atomic E-state index is 0.00398. The van der Waals surface area contributed by atoms with Crippen molar-refractivity contribution < 1.29 is 9.59 Å². The summed E-state index contributed by atoms with van der Waals surface area (Å²) in [6.07, 6.45) is 4.55. The highest BCUT2D eigenvalue weighted by molar-refractivity contribution is 5.90. The van der Waals surface area contributed by atoms with E-state index in [1.54, 1.807) is 13.0 Å². The molecule has 2 heteroatoms. The van der Waals surface area contributed by atoms with E-state index in [0.717, 1.165) is 5.57 Å². The second-order valence-corrected chi connectivity index (χ2v) is 2.44. The quantitative estimate of drug-likeness (QED) is 0.455. The number of rotatable bonds is 3. The fourth-order valence-electron chi connectivity index (χ4n) is 0.618. The first-order valence-corrected chi connectivity index (χ1v) is 3.40. The summed E-state index contributed by atoms with van der Waals surface area (Å²) < 4.78 is 0. The van der Waals surface area contributed by atoms with Crippen molar-refractivity contribution in [2.24, 2.45) is 0 Å². The molecule has 0 amide bonds. The lowest BCUT2D eigenvalue weighted by Crippen LogP contribution is -1.84. The first-order chi connectivity index (χ1) is 5.02. The molecular formula is C9H12O2. The molecule has 0 fully saturated rings. The maximum absolute atomic E-state index is 10.5. The minimum atomic E-state index is -0.0127. The highest BCUT2D eigenvalue weighted by atomic mass is 16.1. The number of hydrogen-bond acceptors (Lipinski definition) is 2. The number of hydrogen-bond donors (Lipinski definition) is 0. The van der Waals surface area contributed by atoms with Crippen molar-refractivity contribution in [1.82, 2.24) is 0 Å². The fourth-order valence-corrected chi connectivity index (χ4v) is 0.618. The van der Waals surface area contributed by atoms with Crippen LogP contribution in [0.5, 0.6) is 0 Å². The van der Waals surface area contributed by atoms with Crippen molar-refractivity contribution in [3.05, 3.63) is 23.8 Å². The molecule has 0 atom stereocenters. The van der Waals surface area contributed by atoms with Gasteiger partial charge in [0.15, 0.2) is 11.6 Å². The zero-order valence-electron chi connectivity index (χ0n) is 7.05. The van der Waals surface area contributed by atoms with Gasteiger partial charge < -0.3 is 0 Å². The molecule has 0 spiro atoms. The Labute approximate surface area is 66.6 Å². The first-order valence-electron chi connectivity index (χ1n) is 3.40. The predicted molar refractivity (Wildman–Crippen MR) is 44.3 cm³/mol. The van der Waals surface area contributed by atoms with Crippen LogP contribution in [-0.4, -0.2) is 11.6 Å². The van der Waals surface area contributed by atoms with Gasteiger partial charge in [0.1, 0.15) is 0 Å². The molecule has 0 aliphatic rings. The van der Waals surface area contributed by atoms with Crippen LogP contribution in [-0.2, 0) is 9.59 Å². The standard InChI is InChI=1S/C9H12O2/c1-7(6-9(3)11)4-5-8(2)10/h4-6H,1-3H3/b5-4+,7-6+. The third kappa shape index (κ3) is 6.71. The maximum atomic E-state index is 10.5. The average molecular weight is 152 g/mol. The Morgan fingerprint density at radius 1 is 0.909 bits per heavy atom. The summed E-state index contributed by atoms with van der Waals surface area (Å²) in [5, 5.41) is 0. The molecular weight excluding hydrogens is 140 g/mol. The third-order valence-electron chi connectivity index (χ3n) is 1.01. The van der Waals surface area contributed by atoms with Crippen LogP contribution in [0.15, 0.2) is 23.8 Å². The van der Waals surface area contributed by atoms with Crippen LogP contribution >= 0.6 is 0 Å². The molecule has 0 N–H and O–H groups in total. The average Bonchev–Trinajstić information content (AvgIpc) is 1.82. The van der Waals surface area contributed by atoms with Gasteiger partial charge in [-0.3, -0.25) is 9.59 Å². The summed E-state index contributed by atoms with van der Waals surface area (Å²) in [4.78, 5) is 20.9. The lowest BCUT2D eigenvalue weighted by Gasteiger charge is -1.87. The van der Waals surface area contributed by atoms with Gasteiger partial charge in [0.05, 0.1) is 0 Å². The molecule has 0 aliphatic heterocycles. The van der Waals surface area contributed by atoms with Crippen LogP contribution < -0.4 is 0 Å². The van der Waals surface area contributed by atoms with Gasteiger partial charge in [0.2, 0.25) is 0 Å². The molecule has 0 radical (unpaired) electrons. The molecule has 0 unspecified atom stereocenters. The smallest absolute Gasteiger partial charge is 0.152 e. The molecule has 60 valence electrons. The van der Waals surface area contributed by atoms with Gasteiger partial charge in [-0.1, -0.05) is 6.08 Å². The highest BCUT2D eigenvalue weighted by Gasteiger charge is 1.87. The summed E-state index contributed by atoms with van der Waals surface area (Å²) in [5.74, 6) is -0.0167. The van der Waals surface area contributed by atoms with Crippen molar-refractivity contribution in [2.45, 2.75) is 20.8 Å².